The van der Waals surface area contributed by atoms with Gasteiger partial charge in [-0.1, -0.05) is 11.6 Å². The van der Waals surface area contributed by atoms with Crippen molar-refractivity contribution in [2.45, 2.75) is 6.32 Å². The normalized spacial score (nSPS) is 9.55. The molecule has 3 nitrogen and oxygen atoms in total. The minimum atomic E-state index is -0.0193. The molecule has 0 N–H and O–H groups in total. The molecule has 0 aliphatic rings. The van der Waals surface area contributed by atoms with Crippen molar-refractivity contribution in [2.24, 2.45) is 0 Å². The third-order valence-electron chi connectivity index (χ3n) is 1.23. The van der Waals surface area contributed by atoms with Gasteiger partial charge in [-0.2, -0.15) is 0 Å². The molecule has 0 aliphatic heterocycles. The van der Waals surface area contributed by atoms with Crippen LogP contribution >= 0.6 is 11.6 Å². The summed E-state index contributed by atoms with van der Waals surface area (Å²) in [5.74, 6) is -0.0193. The zero-order valence-corrected chi connectivity index (χ0v) is 6.80. The van der Waals surface area contributed by atoms with Crippen molar-refractivity contribution >= 4 is 25.2 Å². The molecular weight excluding hydrogens is 162 g/mol. The third-order valence-corrected chi connectivity index (χ3v) is 1.42. The first-order chi connectivity index (χ1) is 5.24. The first kappa shape index (κ1) is 8.20. The number of hydrogen-bond donors (Lipinski definition) is 0. The Bertz CT molecular complexity index is 262. The summed E-state index contributed by atoms with van der Waals surface area (Å²) < 4.78 is 0. The summed E-state index contributed by atoms with van der Waals surface area (Å²) in [6.07, 6.45) is 3.19. The number of carbonyl (C=O) groups excluding carboxylic acids is 1. The van der Waals surface area contributed by atoms with Crippen LogP contribution in [0.15, 0.2) is 12.4 Å². The summed E-state index contributed by atoms with van der Waals surface area (Å²) in [4.78, 5) is 18.5. The fourth-order valence-electron chi connectivity index (χ4n) is 0.637. The zero-order valence-electron chi connectivity index (χ0n) is 6.04. The van der Waals surface area contributed by atoms with Crippen molar-refractivity contribution < 1.29 is 4.79 Å². The molecule has 56 valence electrons. The smallest absolute Gasteiger partial charge is 0.174 e. The summed E-state index contributed by atoms with van der Waals surface area (Å²) in [6, 6.07) is 0. The van der Waals surface area contributed by atoms with E-state index in [9.17, 15) is 4.79 Å². The van der Waals surface area contributed by atoms with Crippen LogP contribution < -0.4 is 0 Å². The highest BCUT2D eigenvalue weighted by atomic mass is 35.5. The van der Waals surface area contributed by atoms with Crippen molar-refractivity contribution in [1.29, 1.82) is 0 Å². The van der Waals surface area contributed by atoms with Crippen molar-refractivity contribution in [2.75, 3.05) is 0 Å². The van der Waals surface area contributed by atoms with E-state index in [4.69, 9.17) is 11.6 Å². The van der Waals surface area contributed by atoms with Gasteiger partial charge in [0.15, 0.2) is 5.78 Å². The standard InChI is InChI=1S/C6H6BClN2O/c7-1-5(11)4-2-10-6(8)3-9-4/h2-3H,1,7H2. The van der Waals surface area contributed by atoms with Crippen LogP contribution in [-0.2, 0) is 0 Å². The number of hydrogen-bond acceptors (Lipinski definition) is 3. The Morgan fingerprint density at radius 1 is 1.55 bits per heavy atom. The minimum Gasteiger partial charge on any atom is -0.293 e. The molecule has 0 aromatic carbocycles. The lowest BCUT2D eigenvalue weighted by Crippen LogP contribution is -2.01. The predicted molar refractivity (Wildman–Crippen MR) is 44.7 cm³/mol. The average molecular weight is 168 g/mol. The molecule has 0 unspecified atom stereocenters. The van der Waals surface area contributed by atoms with Gasteiger partial charge in [-0.25, -0.2) is 9.97 Å². The lowest BCUT2D eigenvalue weighted by atomic mass is 9.99. The molecular formula is C6H6BClN2O. The maximum atomic E-state index is 11.0. The van der Waals surface area contributed by atoms with Crippen LogP contribution in [0.4, 0.5) is 0 Å². The van der Waals surface area contributed by atoms with Gasteiger partial charge >= 0.3 is 0 Å². The van der Waals surface area contributed by atoms with Crippen LogP contribution in [0, 0.1) is 0 Å². The molecule has 0 bridgehead atoms. The molecule has 0 saturated carbocycles. The van der Waals surface area contributed by atoms with Crippen LogP contribution in [0.1, 0.15) is 10.5 Å². The van der Waals surface area contributed by atoms with Crippen LogP contribution in [0.2, 0.25) is 11.5 Å². The molecule has 11 heavy (non-hydrogen) atoms. The van der Waals surface area contributed by atoms with Crippen LogP contribution in [0.5, 0.6) is 0 Å². The van der Waals surface area contributed by atoms with Gasteiger partial charge in [0, 0.05) is 0 Å². The molecule has 0 fully saturated rings. The molecule has 1 heterocycles. The SMILES string of the molecule is BCC(=O)c1cnc(Cl)cn1. The molecule has 1 rings (SSSR count). The lowest BCUT2D eigenvalue weighted by molar-refractivity contribution is 0.101. The number of carbonyl (C=O) groups is 1. The van der Waals surface area contributed by atoms with Crippen LogP contribution in [-0.4, -0.2) is 23.6 Å². The highest BCUT2D eigenvalue weighted by Crippen LogP contribution is 2.02. The minimum absolute atomic E-state index is 0.0193. The van der Waals surface area contributed by atoms with E-state index in [-0.39, 0.29) is 5.78 Å². The van der Waals surface area contributed by atoms with Crippen LogP contribution in [0.3, 0.4) is 0 Å². The number of halogens is 1. The maximum Gasteiger partial charge on any atom is 0.174 e. The number of Topliss-reactive ketones (excluding diaryl/α,β-unsaturated/α-hetero) is 1. The highest BCUT2D eigenvalue weighted by molar-refractivity contribution is 6.29. The molecule has 0 spiro atoms. The number of rotatable bonds is 2. The van der Waals surface area contributed by atoms with E-state index in [0.29, 0.717) is 17.2 Å². The van der Waals surface area contributed by atoms with Gasteiger partial charge in [-0.3, -0.25) is 4.79 Å². The number of aromatic nitrogens is 2. The molecule has 0 atom stereocenters. The Morgan fingerprint density at radius 2 is 2.27 bits per heavy atom. The van der Waals surface area contributed by atoms with Gasteiger partial charge in [-0.15, -0.1) is 0 Å². The topological polar surface area (TPSA) is 42.9 Å². The number of ketones is 1. The molecule has 0 amide bonds. The largest absolute Gasteiger partial charge is 0.293 e. The highest BCUT2D eigenvalue weighted by Gasteiger charge is 2.03. The monoisotopic (exact) mass is 168 g/mol. The molecule has 5 heteroatoms. The van der Waals surface area contributed by atoms with Gasteiger partial charge in [0.25, 0.3) is 0 Å². The van der Waals surface area contributed by atoms with Crippen LogP contribution in [0.25, 0.3) is 0 Å². The van der Waals surface area contributed by atoms with Crippen molar-refractivity contribution in [1.82, 2.24) is 9.97 Å². The summed E-state index contributed by atoms with van der Waals surface area (Å²) in [6.45, 7) is 0. The first-order valence-electron chi connectivity index (χ1n) is 3.24. The Kier molecular flexibility index (Phi) is 2.60. The van der Waals surface area contributed by atoms with Gasteiger partial charge in [-0.05, 0) is 6.32 Å². The number of nitrogens with zero attached hydrogens (tertiary/aromatic N) is 2. The van der Waals surface area contributed by atoms with Crippen molar-refractivity contribution in [3.63, 3.8) is 0 Å². The lowest BCUT2D eigenvalue weighted by Gasteiger charge is -1.94. The molecule has 0 saturated heterocycles. The van der Waals surface area contributed by atoms with E-state index in [2.05, 4.69) is 9.97 Å². The van der Waals surface area contributed by atoms with Crippen molar-refractivity contribution in [3.05, 3.63) is 23.2 Å². The quantitative estimate of drug-likeness (QED) is 0.473. The summed E-state index contributed by atoms with van der Waals surface area (Å²) in [5.41, 5.74) is 0.372. The van der Waals surface area contributed by atoms with E-state index >= 15 is 0 Å². The van der Waals surface area contributed by atoms with Gasteiger partial charge < -0.3 is 0 Å². The van der Waals surface area contributed by atoms with Gasteiger partial charge in [0.2, 0.25) is 0 Å². The molecule has 1 aromatic heterocycles. The van der Waals surface area contributed by atoms with Crippen molar-refractivity contribution in [3.8, 4) is 0 Å². The Morgan fingerprint density at radius 3 is 2.73 bits per heavy atom. The zero-order chi connectivity index (χ0) is 8.27. The second-order valence-electron chi connectivity index (χ2n) is 2.00. The fraction of sp³-hybridized carbons (Fsp3) is 0.167. The summed E-state index contributed by atoms with van der Waals surface area (Å²) in [5, 5.41) is 0.303. The Hall–Kier alpha value is -0.895. The van der Waals surface area contributed by atoms with Gasteiger partial charge in [0.05, 0.1) is 12.4 Å². The van der Waals surface area contributed by atoms with E-state index in [0.717, 1.165) is 0 Å². The predicted octanol–water partition coefficient (Wildman–Crippen LogP) is 0.364. The van der Waals surface area contributed by atoms with E-state index in [1.807, 2.05) is 0 Å². The van der Waals surface area contributed by atoms with Gasteiger partial charge in [0.1, 0.15) is 18.7 Å². The fourth-order valence-corrected chi connectivity index (χ4v) is 0.735. The summed E-state index contributed by atoms with van der Waals surface area (Å²) >= 11 is 5.47. The Labute approximate surface area is 70.2 Å². The van der Waals surface area contributed by atoms with E-state index < -0.39 is 0 Å². The maximum absolute atomic E-state index is 11.0. The first-order valence-corrected chi connectivity index (χ1v) is 3.62. The second-order valence-corrected chi connectivity index (χ2v) is 2.39. The third kappa shape index (κ3) is 2.01. The second kappa shape index (κ2) is 3.48. The van der Waals surface area contributed by atoms with E-state index in [1.165, 1.54) is 12.4 Å². The summed E-state index contributed by atoms with van der Waals surface area (Å²) in [7, 11) is 1.78. The average Bonchev–Trinajstić information content (AvgIpc) is 2.05. The molecule has 0 radical (unpaired) electrons. The Balaban J connectivity index is 2.90. The molecule has 0 aliphatic carbocycles. The molecule has 1 aromatic rings. The van der Waals surface area contributed by atoms with E-state index in [1.54, 1.807) is 7.85 Å².